The predicted octanol–water partition coefficient (Wildman–Crippen LogP) is 2.69. The number of amides is 1. The molecule has 1 aliphatic rings. The Labute approximate surface area is 113 Å². The van der Waals surface area contributed by atoms with Gasteiger partial charge in [-0.1, -0.05) is 6.92 Å². The van der Waals surface area contributed by atoms with E-state index in [1.165, 1.54) is 12.1 Å². The highest BCUT2D eigenvalue weighted by molar-refractivity contribution is 5.99. The largest absolute Gasteiger partial charge is 0.417 e. The summed E-state index contributed by atoms with van der Waals surface area (Å²) < 4.78 is 43.4. The number of carbonyl (C=O) groups excluding carboxylic acids is 1. The van der Waals surface area contributed by atoms with Gasteiger partial charge in [-0.25, -0.2) is 0 Å². The highest BCUT2D eigenvalue weighted by Gasteiger charge is 2.50. The van der Waals surface area contributed by atoms with E-state index >= 15 is 0 Å². The average molecular weight is 284 g/mol. The number of halogens is 3. The highest BCUT2D eigenvalue weighted by Crippen LogP contribution is 2.35. The van der Waals surface area contributed by atoms with E-state index < -0.39 is 28.8 Å². The zero-order chi connectivity index (χ0) is 15.0. The van der Waals surface area contributed by atoms with Crippen LogP contribution in [-0.4, -0.2) is 18.1 Å². The lowest BCUT2D eigenvalue weighted by atomic mass is 10.1. The molecule has 1 aromatic rings. The van der Waals surface area contributed by atoms with Crippen LogP contribution in [0, 0.1) is 11.3 Å². The summed E-state index contributed by atoms with van der Waals surface area (Å²) in [6.45, 7) is 2.02. The van der Waals surface area contributed by atoms with Crippen LogP contribution < -0.4 is 5.32 Å². The van der Waals surface area contributed by atoms with Crippen LogP contribution in [-0.2, 0) is 15.7 Å². The minimum absolute atomic E-state index is 0.00958. The summed E-state index contributed by atoms with van der Waals surface area (Å²) in [5.41, 5.74) is -2.49. The number of hydrogen-bond acceptors (Lipinski definition) is 3. The van der Waals surface area contributed by atoms with Crippen LogP contribution in [0.1, 0.15) is 24.5 Å². The molecule has 20 heavy (non-hydrogen) atoms. The minimum atomic E-state index is -4.65. The SMILES string of the molecule is CCC1(C(=O)Nc2ccc(C#N)c(C(F)(F)F)c2)CO1. The van der Waals surface area contributed by atoms with Crippen LogP contribution in [0.15, 0.2) is 18.2 Å². The van der Waals surface area contributed by atoms with Gasteiger partial charge in [-0.2, -0.15) is 18.4 Å². The lowest BCUT2D eigenvalue weighted by Crippen LogP contribution is -2.30. The third-order valence-corrected chi connectivity index (χ3v) is 3.18. The number of hydrogen-bond donors (Lipinski definition) is 1. The van der Waals surface area contributed by atoms with Gasteiger partial charge in [0.05, 0.1) is 23.8 Å². The van der Waals surface area contributed by atoms with Crippen LogP contribution in [0.2, 0.25) is 0 Å². The molecule has 1 heterocycles. The number of carbonyl (C=O) groups is 1. The van der Waals surface area contributed by atoms with Crippen LogP contribution in [0.5, 0.6) is 0 Å². The summed E-state index contributed by atoms with van der Waals surface area (Å²) in [6.07, 6.45) is -4.20. The van der Waals surface area contributed by atoms with Gasteiger partial charge in [0.15, 0.2) is 5.60 Å². The van der Waals surface area contributed by atoms with Crippen molar-refractivity contribution in [2.24, 2.45) is 0 Å². The molecule has 1 atom stereocenters. The number of benzene rings is 1. The van der Waals surface area contributed by atoms with Gasteiger partial charge in [-0.05, 0) is 24.6 Å². The van der Waals surface area contributed by atoms with Crippen molar-refractivity contribution in [3.05, 3.63) is 29.3 Å². The van der Waals surface area contributed by atoms with Crippen molar-refractivity contribution in [1.82, 2.24) is 0 Å². The number of epoxide rings is 1. The van der Waals surface area contributed by atoms with Gasteiger partial charge in [-0.15, -0.1) is 0 Å². The van der Waals surface area contributed by atoms with E-state index in [-0.39, 0.29) is 12.3 Å². The van der Waals surface area contributed by atoms with E-state index in [0.717, 1.165) is 12.1 Å². The van der Waals surface area contributed by atoms with E-state index in [1.807, 2.05) is 0 Å². The lowest BCUT2D eigenvalue weighted by Gasteiger charge is -2.13. The molecule has 0 aliphatic carbocycles. The van der Waals surface area contributed by atoms with Gasteiger partial charge in [-0.3, -0.25) is 4.79 Å². The Morgan fingerprint density at radius 1 is 1.55 bits per heavy atom. The predicted molar refractivity (Wildman–Crippen MR) is 63.8 cm³/mol. The molecule has 0 spiro atoms. The Morgan fingerprint density at radius 3 is 2.65 bits per heavy atom. The van der Waals surface area contributed by atoms with Gasteiger partial charge in [0.2, 0.25) is 0 Å². The van der Waals surface area contributed by atoms with Crippen LogP contribution in [0.3, 0.4) is 0 Å². The number of anilines is 1. The third kappa shape index (κ3) is 2.60. The fourth-order valence-electron chi connectivity index (χ4n) is 1.78. The number of ether oxygens (including phenoxy) is 1. The molecule has 0 saturated carbocycles. The molecule has 106 valence electrons. The topological polar surface area (TPSA) is 65.4 Å². The second kappa shape index (κ2) is 4.80. The van der Waals surface area contributed by atoms with Gasteiger partial charge in [0.1, 0.15) is 0 Å². The monoisotopic (exact) mass is 284 g/mol. The molecule has 7 heteroatoms. The minimum Gasteiger partial charge on any atom is -0.359 e. The van der Waals surface area contributed by atoms with Gasteiger partial charge in [0.25, 0.3) is 5.91 Å². The summed E-state index contributed by atoms with van der Waals surface area (Å²) >= 11 is 0. The maximum atomic E-state index is 12.8. The Kier molecular flexibility index (Phi) is 3.44. The van der Waals surface area contributed by atoms with E-state index in [4.69, 9.17) is 10.00 Å². The first-order valence-corrected chi connectivity index (χ1v) is 5.89. The molecule has 1 saturated heterocycles. The molecule has 1 aliphatic heterocycles. The molecule has 2 rings (SSSR count). The standard InChI is InChI=1S/C13H11F3N2O2/c1-2-12(7-20-12)11(19)18-9-4-3-8(6-17)10(5-9)13(14,15)16/h3-5H,2,7H2,1H3,(H,18,19). The Bertz CT molecular complexity index is 586. The third-order valence-electron chi connectivity index (χ3n) is 3.18. The van der Waals surface area contributed by atoms with Crippen molar-refractivity contribution in [3.8, 4) is 6.07 Å². The van der Waals surface area contributed by atoms with E-state index in [1.54, 1.807) is 6.92 Å². The highest BCUT2D eigenvalue weighted by atomic mass is 19.4. The molecular weight excluding hydrogens is 273 g/mol. The van der Waals surface area contributed by atoms with E-state index in [9.17, 15) is 18.0 Å². The molecule has 4 nitrogen and oxygen atoms in total. The van der Waals surface area contributed by atoms with Gasteiger partial charge in [0, 0.05) is 5.69 Å². The number of nitrogens with one attached hydrogen (secondary N) is 1. The summed E-state index contributed by atoms with van der Waals surface area (Å²) in [4.78, 5) is 11.9. The van der Waals surface area contributed by atoms with Crippen molar-refractivity contribution in [1.29, 1.82) is 5.26 Å². The van der Waals surface area contributed by atoms with Crippen molar-refractivity contribution in [2.75, 3.05) is 11.9 Å². The first-order valence-electron chi connectivity index (χ1n) is 5.89. The van der Waals surface area contributed by atoms with E-state index in [2.05, 4.69) is 5.32 Å². The van der Waals surface area contributed by atoms with Crippen molar-refractivity contribution in [2.45, 2.75) is 25.1 Å². The Balaban J connectivity index is 2.26. The molecule has 0 radical (unpaired) electrons. The Morgan fingerprint density at radius 2 is 2.20 bits per heavy atom. The molecule has 0 bridgehead atoms. The van der Waals surface area contributed by atoms with Crippen LogP contribution in [0.25, 0.3) is 0 Å². The zero-order valence-corrected chi connectivity index (χ0v) is 10.5. The molecule has 1 aromatic carbocycles. The molecule has 1 amide bonds. The van der Waals surface area contributed by atoms with E-state index in [0.29, 0.717) is 6.42 Å². The number of nitriles is 1. The molecule has 1 unspecified atom stereocenters. The van der Waals surface area contributed by atoms with Crippen molar-refractivity contribution < 1.29 is 22.7 Å². The number of nitrogens with zero attached hydrogens (tertiary/aromatic N) is 1. The number of rotatable bonds is 3. The maximum Gasteiger partial charge on any atom is 0.417 e. The normalized spacial score (nSPS) is 21.1. The smallest absolute Gasteiger partial charge is 0.359 e. The fourth-order valence-corrected chi connectivity index (χ4v) is 1.78. The van der Waals surface area contributed by atoms with Crippen LogP contribution in [0.4, 0.5) is 18.9 Å². The molecular formula is C13H11F3N2O2. The van der Waals surface area contributed by atoms with Gasteiger partial charge >= 0.3 is 6.18 Å². The summed E-state index contributed by atoms with van der Waals surface area (Å²) in [5, 5.41) is 11.1. The first kappa shape index (κ1) is 14.3. The van der Waals surface area contributed by atoms with Crippen molar-refractivity contribution in [3.63, 3.8) is 0 Å². The summed E-state index contributed by atoms with van der Waals surface area (Å²) in [5.74, 6) is -0.474. The molecule has 1 N–H and O–H groups in total. The van der Waals surface area contributed by atoms with Gasteiger partial charge < -0.3 is 10.1 Å². The van der Waals surface area contributed by atoms with Crippen LogP contribution >= 0.6 is 0 Å². The lowest BCUT2D eigenvalue weighted by molar-refractivity contribution is -0.137. The molecule has 0 aromatic heterocycles. The quantitative estimate of drug-likeness (QED) is 0.868. The summed E-state index contributed by atoms with van der Waals surface area (Å²) in [7, 11) is 0. The van der Waals surface area contributed by atoms with Crippen molar-refractivity contribution >= 4 is 11.6 Å². The first-order chi connectivity index (χ1) is 9.32. The second-order valence-electron chi connectivity index (χ2n) is 4.46. The summed E-state index contributed by atoms with van der Waals surface area (Å²) in [6, 6.07) is 4.53. The number of alkyl halides is 3. The maximum absolute atomic E-state index is 12.8. The Hall–Kier alpha value is -2.07. The zero-order valence-electron chi connectivity index (χ0n) is 10.5. The second-order valence-corrected chi connectivity index (χ2v) is 4.46. The fraction of sp³-hybridized carbons (Fsp3) is 0.385. The molecule has 1 fully saturated rings. The average Bonchev–Trinajstić information content (AvgIpc) is 3.18.